The van der Waals surface area contributed by atoms with Crippen LogP contribution in [0.25, 0.3) is 0 Å². The van der Waals surface area contributed by atoms with E-state index < -0.39 is 0 Å². The Kier molecular flexibility index (Phi) is 8.44. The molecule has 3 nitrogen and oxygen atoms in total. The van der Waals surface area contributed by atoms with Gasteiger partial charge in [0.15, 0.2) is 0 Å². The lowest BCUT2D eigenvalue weighted by atomic mass is 9.65. The second-order valence-electron chi connectivity index (χ2n) is 8.99. The van der Waals surface area contributed by atoms with Crippen molar-refractivity contribution in [2.45, 2.75) is 96.7 Å². The van der Waals surface area contributed by atoms with Crippen LogP contribution in [-0.4, -0.2) is 34.1 Å². The molecule has 0 aromatic carbocycles. The molecule has 5 atom stereocenters. The maximum atomic E-state index is 10.5. The summed E-state index contributed by atoms with van der Waals surface area (Å²) in [6.45, 7) is 4.79. The molecule has 0 heterocycles. The van der Waals surface area contributed by atoms with Gasteiger partial charge in [0.2, 0.25) is 0 Å². The van der Waals surface area contributed by atoms with Gasteiger partial charge in [-0.1, -0.05) is 38.8 Å². The summed E-state index contributed by atoms with van der Waals surface area (Å²) in [5, 5.41) is 29.7. The minimum Gasteiger partial charge on any atom is -0.396 e. The van der Waals surface area contributed by atoms with E-state index in [0.29, 0.717) is 17.8 Å². The van der Waals surface area contributed by atoms with Crippen molar-refractivity contribution >= 4 is 0 Å². The number of allylic oxidation sites excluding steroid dienone is 2. The zero-order valence-electron chi connectivity index (χ0n) is 16.4. The summed E-state index contributed by atoms with van der Waals surface area (Å²) in [7, 11) is 0. The van der Waals surface area contributed by atoms with Gasteiger partial charge >= 0.3 is 0 Å². The van der Waals surface area contributed by atoms with E-state index in [1.54, 1.807) is 0 Å². The SMILES string of the molecule is C[C@@H]1CC(O)[C@H](C/C=C\CCCCO)[C@H]1CCCC(O)C1(C)CCC1. The van der Waals surface area contributed by atoms with Gasteiger partial charge in [-0.2, -0.15) is 0 Å². The molecule has 0 aromatic rings. The van der Waals surface area contributed by atoms with Crippen LogP contribution in [0.5, 0.6) is 0 Å². The van der Waals surface area contributed by atoms with E-state index in [0.717, 1.165) is 51.4 Å². The molecule has 2 unspecified atom stereocenters. The molecule has 0 saturated heterocycles. The molecular weight excluding hydrogens is 312 g/mol. The van der Waals surface area contributed by atoms with E-state index in [1.807, 2.05) is 0 Å². The first-order valence-corrected chi connectivity index (χ1v) is 10.6. The summed E-state index contributed by atoms with van der Waals surface area (Å²) in [6.07, 6.45) is 15.7. The van der Waals surface area contributed by atoms with Crippen LogP contribution < -0.4 is 0 Å². The van der Waals surface area contributed by atoms with Crippen molar-refractivity contribution in [2.75, 3.05) is 6.61 Å². The maximum Gasteiger partial charge on any atom is 0.0593 e. The Morgan fingerprint density at radius 2 is 1.88 bits per heavy atom. The van der Waals surface area contributed by atoms with Crippen LogP contribution >= 0.6 is 0 Å². The van der Waals surface area contributed by atoms with Gasteiger partial charge in [0.05, 0.1) is 12.2 Å². The van der Waals surface area contributed by atoms with Gasteiger partial charge in [0, 0.05) is 6.61 Å². The standard InChI is InChI=1S/C22H40O3/c1-17-16-20(24)19(10-6-4-3-5-7-15-23)18(17)11-8-12-21(25)22(2)13-9-14-22/h4,6,17-21,23-25H,3,5,7-16H2,1-2H3/b6-4-/t17-,18+,19-,20?,21?/m1/s1. The molecular formula is C22H40O3. The number of hydrogen-bond donors (Lipinski definition) is 3. The Morgan fingerprint density at radius 3 is 2.52 bits per heavy atom. The van der Waals surface area contributed by atoms with Gasteiger partial charge in [0.25, 0.3) is 0 Å². The van der Waals surface area contributed by atoms with Crippen molar-refractivity contribution in [1.29, 1.82) is 0 Å². The molecule has 25 heavy (non-hydrogen) atoms. The first-order valence-electron chi connectivity index (χ1n) is 10.6. The van der Waals surface area contributed by atoms with Crippen molar-refractivity contribution in [1.82, 2.24) is 0 Å². The largest absolute Gasteiger partial charge is 0.396 e. The molecule has 2 aliphatic carbocycles. The fraction of sp³-hybridized carbons (Fsp3) is 0.909. The lowest BCUT2D eigenvalue weighted by Crippen LogP contribution is -2.38. The average Bonchev–Trinajstić information content (AvgIpc) is 2.82. The van der Waals surface area contributed by atoms with Crippen LogP contribution in [0.2, 0.25) is 0 Å². The number of rotatable bonds is 11. The molecule has 3 N–H and O–H groups in total. The fourth-order valence-electron chi connectivity index (χ4n) is 4.98. The van der Waals surface area contributed by atoms with Crippen LogP contribution in [-0.2, 0) is 0 Å². The first-order chi connectivity index (χ1) is 12.0. The van der Waals surface area contributed by atoms with Crippen LogP contribution in [0.4, 0.5) is 0 Å². The maximum absolute atomic E-state index is 10.5. The molecule has 0 amide bonds. The normalized spacial score (nSPS) is 32.8. The minimum absolute atomic E-state index is 0.146. The highest BCUT2D eigenvalue weighted by Crippen LogP contribution is 2.46. The highest BCUT2D eigenvalue weighted by atomic mass is 16.3. The van der Waals surface area contributed by atoms with Gasteiger partial charge in [-0.05, 0) is 81.0 Å². The Labute approximate surface area is 154 Å². The summed E-state index contributed by atoms with van der Waals surface area (Å²) in [6, 6.07) is 0. The fourth-order valence-corrected chi connectivity index (χ4v) is 4.98. The minimum atomic E-state index is -0.170. The molecule has 2 fully saturated rings. The summed E-state index contributed by atoms with van der Waals surface area (Å²) in [5.41, 5.74) is 0.178. The molecule has 0 bridgehead atoms. The number of aliphatic hydroxyl groups excluding tert-OH is 3. The van der Waals surface area contributed by atoms with Crippen LogP contribution in [0.3, 0.4) is 0 Å². The van der Waals surface area contributed by atoms with Crippen molar-refractivity contribution in [3.8, 4) is 0 Å². The van der Waals surface area contributed by atoms with Gasteiger partial charge in [-0.15, -0.1) is 0 Å². The number of unbranched alkanes of at least 4 members (excludes halogenated alkanes) is 2. The molecule has 3 heteroatoms. The van der Waals surface area contributed by atoms with E-state index in [2.05, 4.69) is 26.0 Å². The molecule has 0 spiro atoms. The van der Waals surface area contributed by atoms with Crippen LogP contribution in [0.15, 0.2) is 12.2 Å². The second-order valence-corrected chi connectivity index (χ2v) is 8.99. The third kappa shape index (κ3) is 5.80. The van der Waals surface area contributed by atoms with Crippen molar-refractivity contribution in [3.05, 3.63) is 12.2 Å². The van der Waals surface area contributed by atoms with E-state index in [9.17, 15) is 10.2 Å². The third-order valence-corrected chi connectivity index (χ3v) is 7.06. The summed E-state index contributed by atoms with van der Waals surface area (Å²) >= 11 is 0. The topological polar surface area (TPSA) is 60.7 Å². The number of aliphatic hydroxyl groups is 3. The molecule has 0 aromatic heterocycles. The first kappa shape index (κ1) is 20.9. The van der Waals surface area contributed by atoms with Crippen LogP contribution in [0.1, 0.15) is 84.5 Å². The quantitative estimate of drug-likeness (QED) is 0.380. The highest BCUT2D eigenvalue weighted by Gasteiger charge is 2.40. The lowest BCUT2D eigenvalue weighted by molar-refractivity contribution is -0.0270. The monoisotopic (exact) mass is 352 g/mol. The van der Waals surface area contributed by atoms with Gasteiger partial charge < -0.3 is 15.3 Å². The Balaban J connectivity index is 1.74. The van der Waals surface area contributed by atoms with Crippen molar-refractivity contribution in [3.63, 3.8) is 0 Å². The van der Waals surface area contributed by atoms with E-state index in [4.69, 9.17) is 5.11 Å². The molecule has 2 saturated carbocycles. The molecule has 0 aliphatic heterocycles. The van der Waals surface area contributed by atoms with Crippen LogP contribution in [0, 0.1) is 23.2 Å². The zero-order valence-corrected chi connectivity index (χ0v) is 16.4. The summed E-state index contributed by atoms with van der Waals surface area (Å²) < 4.78 is 0. The van der Waals surface area contributed by atoms with Crippen molar-refractivity contribution < 1.29 is 15.3 Å². The van der Waals surface area contributed by atoms with Gasteiger partial charge in [-0.25, -0.2) is 0 Å². The molecule has 146 valence electrons. The average molecular weight is 353 g/mol. The summed E-state index contributed by atoms with van der Waals surface area (Å²) in [4.78, 5) is 0. The molecule has 2 aliphatic rings. The van der Waals surface area contributed by atoms with Gasteiger partial charge in [0.1, 0.15) is 0 Å². The second kappa shape index (κ2) is 10.1. The predicted octanol–water partition coefficient (Wildman–Crippen LogP) is 4.45. The number of hydrogen-bond acceptors (Lipinski definition) is 3. The third-order valence-electron chi connectivity index (χ3n) is 7.06. The Morgan fingerprint density at radius 1 is 1.12 bits per heavy atom. The van der Waals surface area contributed by atoms with E-state index in [-0.39, 0.29) is 24.2 Å². The highest BCUT2D eigenvalue weighted by molar-refractivity contribution is 4.95. The zero-order chi connectivity index (χ0) is 18.3. The molecule has 2 rings (SSSR count). The Hall–Kier alpha value is -0.380. The molecule has 0 radical (unpaired) electrons. The van der Waals surface area contributed by atoms with E-state index >= 15 is 0 Å². The smallest absolute Gasteiger partial charge is 0.0593 e. The summed E-state index contributed by atoms with van der Waals surface area (Å²) in [5.74, 6) is 1.54. The van der Waals surface area contributed by atoms with Crippen molar-refractivity contribution in [2.24, 2.45) is 23.2 Å². The predicted molar refractivity (Wildman–Crippen MR) is 103 cm³/mol. The van der Waals surface area contributed by atoms with Gasteiger partial charge in [-0.3, -0.25) is 0 Å². The Bertz CT molecular complexity index is 402. The van der Waals surface area contributed by atoms with E-state index in [1.165, 1.54) is 19.3 Å². The lowest BCUT2D eigenvalue weighted by Gasteiger charge is -2.42.